The molecule has 4 nitrogen and oxygen atoms in total. The van der Waals surface area contributed by atoms with E-state index in [0.717, 1.165) is 48.5 Å². The normalized spacial score (nSPS) is 18.3. The van der Waals surface area contributed by atoms with E-state index in [1.54, 1.807) is 6.07 Å². The molecule has 30 heavy (non-hydrogen) atoms. The second kappa shape index (κ2) is 9.15. The maximum Gasteiger partial charge on any atom is 0.228 e. The van der Waals surface area contributed by atoms with Crippen LogP contribution < -0.4 is 5.32 Å². The highest BCUT2D eigenvalue weighted by atomic mass is 32.1. The number of piperidine rings is 1. The zero-order valence-electron chi connectivity index (χ0n) is 18.8. The van der Waals surface area contributed by atoms with E-state index >= 15 is 0 Å². The zero-order valence-corrected chi connectivity index (χ0v) is 19.6. The summed E-state index contributed by atoms with van der Waals surface area (Å²) in [7, 11) is 0. The lowest BCUT2D eigenvalue weighted by Gasteiger charge is -2.49. The molecule has 0 saturated carbocycles. The van der Waals surface area contributed by atoms with Crippen LogP contribution in [-0.2, 0) is 11.2 Å². The third-order valence-corrected chi connectivity index (χ3v) is 6.58. The third kappa shape index (κ3) is 5.88. The lowest BCUT2D eigenvalue weighted by Crippen LogP contribution is -2.63. The molecule has 2 heterocycles. The minimum Gasteiger partial charge on any atom is -0.339 e. The molecule has 0 atom stereocenters. The van der Waals surface area contributed by atoms with Crippen molar-refractivity contribution in [3.05, 3.63) is 41.2 Å². The largest absolute Gasteiger partial charge is 0.339 e. The van der Waals surface area contributed by atoms with Crippen molar-refractivity contribution in [1.82, 2.24) is 15.2 Å². The predicted molar refractivity (Wildman–Crippen MR) is 122 cm³/mol. The maximum atomic E-state index is 13.5. The molecule has 1 aromatic heterocycles. The van der Waals surface area contributed by atoms with Gasteiger partial charge in [-0.2, -0.15) is 0 Å². The summed E-state index contributed by atoms with van der Waals surface area (Å²) >= 11 is 1.46. The van der Waals surface area contributed by atoms with E-state index in [9.17, 15) is 9.18 Å². The molecule has 164 valence electrons. The highest BCUT2D eigenvalue weighted by molar-refractivity contribution is 7.13. The molecular weight excluding hydrogens is 397 g/mol. The Kier molecular flexibility index (Phi) is 6.98. The summed E-state index contributed by atoms with van der Waals surface area (Å²) in [4.78, 5) is 20.1. The van der Waals surface area contributed by atoms with Crippen LogP contribution in [0, 0.1) is 5.82 Å². The molecule has 0 unspecified atom stereocenters. The number of aromatic nitrogens is 1. The van der Waals surface area contributed by atoms with Gasteiger partial charge in [0.25, 0.3) is 0 Å². The molecule has 1 amide bonds. The molecular formula is C24H34FN3OS. The second-order valence-electron chi connectivity index (χ2n) is 9.73. The summed E-state index contributed by atoms with van der Waals surface area (Å²) in [6.07, 6.45) is 4.24. The van der Waals surface area contributed by atoms with Gasteiger partial charge in [0.1, 0.15) is 10.8 Å². The number of carbonyl (C=O) groups is 1. The summed E-state index contributed by atoms with van der Waals surface area (Å²) in [6, 6.07) is 6.66. The van der Waals surface area contributed by atoms with Crippen LogP contribution in [0.1, 0.15) is 66.0 Å². The van der Waals surface area contributed by atoms with Crippen LogP contribution in [0.5, 0.6) is 0 Å². The maximum absolute atomic E-state index is 13.5. The van der Waals surface area contributed by atoms with Crippen molar-refractivity contribution < 1.29 is 9.18 Å². The Morgan fingerprint density at radius 2 is 1.97 bits per heavy atom. The molecule has 1 aliphatic heterocycles. The molecule has 6 heteroatoms. The highest BCUT2D eigenvalue weighted by Gasteiger charge is 2.41. The van der Waals surface area contributed by atoms with Gasteiger partial charge >= 0.3 is 0 Å². The number of carbonyl (C=O) groups excluding carboxylic acids is 1. The Balaban J connectivity index is 1.76. The summed E-state index contributed by atoms with van der Waals surface area (Å²) < 4.78 is 13.5. The van der Waals surface area contributed by atoms with E-state index < -0.39 is 0 Å². The fourth-order valence-electron chi connectivity index (χ4n) is 4.73. The number of thiazole rings is 1. The van der Waals surface area contributed by atoms with E-state index in [-0.39, 0.29) is 28.8 Å². The fraction of sp³-hybridized carbons (Fsp3) is 0.583. The van der Waals surface area contributed by atoms with Crippen LogP contribution in [0.3, 0.4) is 0 Å². The molecule has 3 rings (SSSR count). The summed E-state index contributed by atoms with van der Waals surface area (Å²) in [5, 5.41) is 6.38. The molecule has 1 aromatic carbocycles. The second-order valence-corrected chi connectivity index (χ2v) is 10.6. The quantitative estimate of drug-likeness (QED) is 0.636. The van der Waals surface area contributed by atoms with Gasteiger partial charge < -0.3 is 10.2 Å². The van der Waals surface area contributed by atoms with Gasteiger partial charge in [0, 0.05) is 34.6 Å². The van der Waals surface area contributed by atoms with Crippen LogP contribution in [0.4, 0.5) is 4.39 Å². The molecule has 1 N–H and O–H groups in total. The van der Waals surface area contributed by atoms with E-state index in [1.165, 1.54) is 23.5 Å². The van der Waals surface area contributed by atoms with Crippen molar-refractivity contribution in [1.29, 1.82) is 0 Å². The Morgan fingerprint density at radius 3 is 2.60 bits per heavy atom. The van der Waals surface area contributed by atoms with Gasteiger partial charge in [-0.25, -0.2) is 9.37 Å². The third-order valence-electron chi connectivity index (χ3n) is 5.64. The molecule has 0 aliphatic carbocycles. The van der Waals surface area contributed by atoms with Gasteiger partial charge in [-0.3, -0.25) is 4.79 Å². The molecule has 0 bridgehead atoms. The number of benzene rings is 1. The Morgan fingerprint density at radius 1 is 1.27 bits per heavy atom. The van der Waals surface area contributed by atoms with E-state index in [4.69, 9.17) is 0 Å². The van der Waals surface area contributed by atoms with Crippen LogP contribution in [-0.4, -0.2) is 39.5 Å². The van der Waals surface area contributed by atoms with Gasteiger partial charge in [0.2, 0.25) is 5.91 Å². The SMILES string of the molecule is CCCCN(C(=O)Cc1csc(-c2cccc(F)c2)n1)C1CC(C)(C)NC(C)(C)C1. The van der Waals surface area contributed by atoms with Crippen LogP contribution in [0.15, 0.2) is 29.6 Å². The van der Waals surface area contributed by atoms with Gasteiger partial charge in [-0.1, -0.05) is 25.5 Å². The number of amides is 1. The fourth-order valence-corrected chi connectivity index (χ4v) is 5.54. The van der Waals surface area contributed by atoms with Crippen LogP contribution in [0.2, 0.25) is 0 Å². The number of halogens is 1. The van der Waals surface area contributed by atoms with Crippen molar-refractivity contribution >= 4 is 17.2 Å². The number of nitrogens with one attached hydrogen (secondary N) is 1. The zero-order chi connectivity index (χ0) is 21.9. The number of unbranched alkanes of at least 4 members (excludes halogenated alkanes) is 1. The van der Waals surface area contributed by atoms with Crippen LogP contribution in [0.25, 0.3) is 10.6 Å². The molecule has 0 radical (unpaired) electrons. The number of hydrogen-bond donors (Lipinski definition) is 1. The summed E-state index contributed by atoms with van der Waals surface area (Å²) in [5.74, 6) is -0.139. The predicted octanol–water partition coefficient (Wildman–Crippen LogP) is 5.43. The first-order valence-electron chi connectivity index (χ1n) is 10.9. The molecule has 1 fully saturated rings. The first-order chi connectivity index (χ1) is 14.1. The number of nitrogens with zero attached hydrogens (tertiary/aromatic N) is 2. The Bertz CT molecular complexity index is 861. The molecule has 2 aromatic rings. The monoisotopic (exact) mass is 431 g/mol. The average molecular weight is 432 g/mol. The standard InChI is InChI=1S/C24H34FN3OS/c1-6-7-11-28(20-14-23(2,3)27-24(4,5)15-20)21(29)13-19-16-30-22(26-19)17-9-8-10-18(25)12-17/h8-10,12,16,20,27H,6-7,11,13-15H2,1-5H3. The highest BCUT2D eigenvalue weighted by Crippen LogP contribution is 2.32. The lowest BCUT2D eigenvalue weighted by atomic mass is 9.79. The average Bonchev–Trinajstić information content (AvgIpc) is 3.08. The number of hydrogen-bond acceptors (Lipinski definition) is 4. The minimum absolute atomic E-state index is 0.0116. The van der Waals surface area contributed by atoms with E-state index in [1.807, 2.05) is 11.4 Å². The summed E-state index contributed by atoms with van der Waals surface area (Å²) in [6.45, 7) is 11.8. The lowest BCUT2D eigenvalue weighted by molar-refractivity contribution is -0.134. The number of rotatable bonds is 7. The topological polar surface area (TPSA) is 45.2 Å². The molecule has 1 saturated heterocycles. The van der Waals surface area contributed by atoms with Gasteiger partial charge in [0.05, 0.1) is 12.1 Å². The van der Waals surface area contributed by atoms with Gasteiger partial charge in [-0.05, 0) is 59.1 Å². The van der Waals surface area contributed by atoms with Gasteiger partial charge in [-0.15, -0.1) is 11.3 Å². The van der Waals surface area contributed by atoms with Crippen molar-refractivity contribution in [2.45, 2.75) is 83.8 Å². The first-order valence-corrected chi connectivity index (χ1v) is 11.8. The van der Waals surface area contributed by atoms with Crippen molar-refractivity contribution in [3.63, 3.8) is 0 Å². The van der Waals surface area contributed by atoms with Gasteiger partial charge in [0.15, 0.2) is 0 Å². The van der Waals surface area contributed by atoms with E-state index in [2.05, 4.69) is 49.8 Å². The Labute approximate surface area is 183 Å². The minimum atomic E-state index is -0.276. The van der Waals surface area contributed by atoms with Crippen molar-refractivity contribution in [2.75, 3.05) is 6.54 Å². The smallest absolute Gasteiger partial charge is 0.228 e. The first kappa shape index (κ1) is 22.9. The van der Waals surface area contributed by atoms with E-state index in [0.29, 0.717) is 6.42 Å². The Hall–Kier alpha value is -1.79. The molecule has 0 spiro atoms. The summed E-state index contributed by atoms with van der Waals surface area (Å²) in [5.41, 5.74) is 1.49. The van der Waals surface area contributed by atoms with Crippen LogP contribution >= 0.6 is 11.3 Å². The van der Waals surface area contributed by atoms with Crippen molar-refractivity contribution in [3.8, 4) is 10.6 Å². The van der Waals surface area contributed by atoms with Crippen molar-refractivity contribution in [2.24, 2.45) is 0 Å². The molecule has 1 aliphatic rings.